The molecule has 1 aromatic rings. The van der Waals surface area contributed by atoms with Gasteiger partial charge in [0.15, 0.2) is 0 Å². The number of nitrogens with one attached hydrogen (secondary N) is 1. The van der Waals surface area contributed by atoms with Crippen LogP contribution in [0.15, 0.2) is 16.9 Å². The molecule has 0 aliphatic heterocycles. The van der Waals surface area contributed by atoms with Gasteiger partial charge in [0.25, 0.3) is 0 Å². The SMILES string of the molecule is OC1(CNCc2ncc(Br)cn2)CCCCC1. The molecule has 5 heteroatoms. The van der Waals surface area contributed by atoms with Gasteiger partial charge in [-0.3, -0.25) is 0 Å². The largest absolute Gasteiger partial charge is 0.389 e. The van der Waals surface area contributed by atoms with Crippen LogP contribution in [-0.4, -0.2) is 27.2 Å². The molecule has 1 fully saturated rings. The summed E-state index contributed by atoms with van der Waals surface area (Å²) in [5.41, 5.74) is -0.520. The van der Waals surface area contributed by atoms with Crippen LogP contribution in [-0.2, 0) is 6.54 Å². The Morgan fingerprint density at radius 2 is 1.88 bits per heavy atom. The second kappa shape index (κ2) is 5.89. The molecule has 0 aromatic carbocycles. The molecule has 0 saturated heterocycles. The fraction of sp³-hybridized carbons (Fsp3) is 0.667. The topological polar surface area (TPSA) is 58.0 Å². The Hall–Kier alpha value is -0.520. The van der Waals surface area contributed by atoms with Crippen LogP contribution in [0.1, 0.15) is 37.9 Å². The molecule has 94 valence electrons. The predicted octanol–water partition coefficient (Wildman–Crippen LogP) is 2.02. The third kappa shape index (κ3) is 4.01. The summed E-state index contributed by atoms with van der Waals surface area (Å²) in [5, 5.41) is 13.5. The number of nitrogens with zero attached hydrogens (tertiary/aromatic N) is 2. The highest BCUT2D eigenvalue weighted by molar-refractivity contribution is 9.10. The van der Waals surface area contributed by atoms with Crippen molar-refractivity contribution in [2.24, 2.45) is 0 Å². The number of aliphatic hydroxyl groups is 1. The summed E-state index contributed by atoms with van der Waals surface area (Å²) in [6.07, 6.45) is 8.79. The van der Waals surface area contributed by atoms with Crippen molar-refractivity contribution in [2.45, 2.75) is 44.2 Å². The molecule has 0 atom stereocenters. The molecule has 4 nitrogen and oxygen atoms in total. The van der Waals surface area contributed by atoms with E-state index in [1.165, 1.54) is 6.42 Å². The summed E-state index contributed by atoms with van der Waals surface area (Å²) >= 11 is 3.30. The Balaban J connectivity index is 1.77. The van der Waals surface area contributed by atoms with Crippen LogP contribution in [0.5, 0.6) is 0 Å². The summed E-state index contributed by atoms with van der Waals surface area (Å²) in [4.78, 5) is 8.36. The first kappa shape index (κ1) is 12.9. The van der Waals surface area contributed by atoms with Crippen LogP contribution in [0.2, 0.25) is 0 Å². The molecule has 0 unspecified atom stereocenters. The van der Waals surface area contributed by atoms with Crippen molar-refractivity contribution in [3.63, 3.8) is 0 Å². The second-order valence-electron chi connectivity index (χ2n) is 4.71. The van der Waals surface area contributed by atoms with Crippen LogP contribution in [0.4, 0.5) is 0 Å². The first-order valence-electron chi connectivity index (χ1n) is 6.07. The molecule has 1 aliphatic carbocycles. The van der Waals surface area contributed by atoms with E-state index < -0.39 is 5.60 Å². The van der Waals surface area contributed by atoms with Gasteiger partial charge in [0.2, 0.25) is 0 Å². The van der Waals surface area contributed by atoms with E-state index in [0.29, 0.717) is 13.1 Å². The average Bonchev–Trinajstić information content (AvgIpc) is 2.32. The van der Waals surface area contributed by atoms with E-state index in [1.807, 2.05) is 0 Å². The lowest BCUT2D eigenvalue weighted by atomic mass is 9.85. The highest BCUT2D eigenvalue weighted by atomic mass is 79.9. The van der Waals surface area contributed by atoms with E-state index >= 15 is 0 Å². The smallest absolute Gasteiger partial charge is 0.142 e. The molecule has 1 heterocycles. The molecule has 1 aliphatic rings. The maximum Gasteiger partial charge on any atom is 0.142 e. The molecule has 0 amide bonds. The summed E-state index contributed by atoms with van der Waals surface area (Å²) in [5.74, 6) is 0.757. The second-order valence-corrected chi connectivity index (χ2v) is 5.62. The van der Waals surface area contributed by atoms with Crippen molar-refractivity contribution >= 4 is 15.9 Å². The van der Waals surface area contributed by atoms with Crippen molar-refractivity contribution in [2.75, 3.05) is 6.54 Å². The maximum atomic E-state index is 10.3. The molecule has 0 bridgehead atoms. The van der Waals surface area contributed by atoms with Crippen LogP contribution < -0.4 is 5.32 Å². The van der Waals surface area contributed by atoms with Gasteiger partial charge in [-0.2, -0.15) is 0 Å². The van der Waals surface area contributed by atoms with Gasteiger partial charge in [0.1, 0.15) is 5.82 Å². The first-order chi connectivity index (χ1) is 8.18. The van der Waals surface area contributed by atoms with Crippen LogP contribution in [0, 0.1) is 0 Å². The number of hydrogen-bond acceptors (Lipinski definition) is 4. The molecule has 2 rings (SSSR count). The summed E-state index contributed by atoms with van der Waals surface area (Å²) in [6, 6.07) is 0. The van der Waals surface area contributed by atoms with Gasteiger partial charge >= 0.3 is 0 Å². The normalized spacial score (nSPS) is 19.2. The minimum atomic E-state index is -0.520. The molecule has 2 N–H and O–H groups in total. The number of rotatable bonds is 4. The molecule has 0 radical (unpaired) electrons. The number of hydrogen-bond donors (Lipinski definition) is 2. The van der Waals surface area contributed by atoms with Gasteiger partial charge in [-0.05, 0) is 28.8 Å². The Bertz CT molecular complexity index is 349. The predicted molar refractivity (Wildman–Crippen MR) is 69.5 cm³/mol. The fourth-order valence-electron chi connectivity index (χ4n) is 2.22. The monoisotopic (exact) mass is 299 g/mol. The van der Waals surface area contributed by atoms with Crippen molar-refractivity contribution in [3.05, 3.63) is 22.7 Å². The Morgan fingerprint density at radius 3 is 2.53 bits per heavy atom. The zero-order chi connectivity index (χ0) is 12.1. The van der Waals surface area contributed by atoms with Gasteiger partial charge in [-0.15, -0.1) is 0 Å². The first-order valence-corrected chi connectivity index (χ1v) is 6.87. The lowest BCUT2D eigenvalue weighted by Gasteiger charge is -2.32. The maximum absolute atomic E-state index is 10.3. The molecule has 17 heavy (non-hydrogen) atoms. The lowest BCUT2D eigenvalue weighted by Crippen LogP contribution is -2.42. The van der Waals surface area contributed by atoms with E-state index in [2.05, 4.69) is 31.2 Å². The van der Waals surface area contributed by atoms with Crippen LogP contribution >= 0.6 is 15.9 Å². The van der Waals surface area contributed by atoms with E-state index in [0.717, 1.165) is 36.0 Å². The molecular weight excluding hydrogens is 282 g/mol. The highest BCUT2D eigenvalue weighted by Gasteiger charge is 2.28. The molecular formula is C12H18BrN3O. The van der Waals surface area contributed by atoms with Gasteiger partial charge in [-0.25, -0.2) is 9.97 Å². The number of halogens is 1. The molecule has 1 saturated carbocycles. The summed E-state index contributed by atoms with van der Waals surface area (Å²) in [6.45, 7) is 1.24. The van der Waals surface area contributed by atoms with Gasteiger partial charge in [0, 0.05) is 18.9 Å². The van der Waals surface area contributed by atoms with E-state index in [9.17, 15) is 5.11 Å². The third-order valence-electron chi connectivity index (χ3n) is 3.20. The standard InChI is InChI=1S/C12H18BrN3O/c13-10-6-15-11(16-7-10)8-14-9-12(17)4-2-1-3-5-12/h6-7,14,17H,1-5,8-9H2. The van der Waals surface area contributed by atoms with Crippen LogP contribution in [0.3, 0.4) is 0 Å². The number of aromatic nitrogens is 2. The summed E-state index contributed by atoms with van der Waals surface area (Å²) < 4.78 is 0.882. The Kier molecular flexibility index (Phi) is 4.48. The van der Waals surface area contributed by atoms with E-state index in [-0.39, 0.29) is 0 Å². The van der Waals surface area contributed by atoms with Gasteiger partial charge in [-0.1, -0.05) is 19.3 Å². The van der Waals surface area contributed by atoms with Crippen molar-refractivity contribution in [1.29, 1.82) is 0 Å². The quantitative estimate of drug-likeness (QED) is 0.893. The van der Waals surface area contributed by atoms with Gasteiger partial charge < -0.3 is 10.4 Å². The van der Waals surface area contributed by atoms with E-state index in [1.54, 1.807) is 12.4 Å². The average molecular weight is 300 g/mol. The summed E-state index contributed by atoms with van der Waals surface area (Å²) in [7, 11) is 0. The highest BCUT2D eigenvalue weighted by Crippen LogP contribution is 2.27. The van der Waals surface area contributed by atoms with Gasteiger partial charge in [0.05, 0.1) is 16.6 Å². The van der Waals surface area contributed by atoms with Crippen molar-refractivity contribution in [3.8, 4) is 0 Å². The third-order valence-corrected chi connectivity index (χ3v) is 3.60. The van der Waals surface area contributed by atoms with Crippen LogP contribution in [0.25, 0.3) is 0 Å². The zero-order valence-electron chi connectivity index (χ0n) is 9.82. The minimum absolute atomic E-state index is 0.520. The Labute approximate surface area is 110 Å². The molecule has 1 aromatic heterocycles. The minimum Gasteiger partial charge on any atom is -0.389 e. The van der Waals surface area contributed by atoms with Crippen molar-refractivity contribution in [1.82, 2.24) is 15.3 Å². The Morgan fingerprint density at radius 1 is 1.24 bits per heavy atom. The van der Waals surface area contributed by atoms with Crippen molar-refractivity contribution < 1.29 is 5.11 Å². The fourth-order valence-corrected chi connectivity index (χ4v) is 2.43. The molecule has 0 spiro atoms. The zero-order valence-corrected chi connectivity index (χ0v) is 11.4. The lowest BCUT2D eigenvalue weighted by molar-refractivity contribution is 0.00455. The van der Waals surface area contributed by atoms with E-state index in [4.69, 9.17) is 0 Å².